The Morgan fingerprint density at radius 2 is 2.08 bits per heavy atom. The van der Waals surface area contributed by atoms with Crippen LogP contribution in [-0.4, -0.2) is 4.98 Å². The molecule has 0 unspecified atom stereocenters. The smallest absolute Gasteiger partial charge is 0.408 e. The molecule has 0 aliphatic carbocycles. The van der Waals surface area contributed by atoms with Crippen molar-refractivity contribution in [2.45, 2.75) is 0 Å². The third-order valence-electron chi connectivity index (χ3n) is 1.49. The van der Waals surface area contributed by atoms with E-state index in [0.29, 0.717) is 21.1 Å². The van der Waals surface area contributed by atoms with Crippen molar-refractivity contribution in [3.63, 3.8) is 0 Å². The molecule has 1 heterocycles. The Balaban J connectivity index is 2.99. The first-order valence-corrected chi connectivity index (χ1v) is 3.91. The first kappa shape index (κ1) is 7.71. The van der Waals surface area contributed by atoms with E-state index >= 15 is 0 Å². The second-order valence-corrected chi connectivity index (χ2v) is 3.03. The fourth-order valence-electron chi connectivity index (χ4n) is 0.962. The molecular formula is C7H3Cl2NO2. The van der Waals surface area contributed by atoms with Gasteiger partial charge in [0.15, 0.2) is 5.58 Å². The second-order valence-electron chi connectivity index (χ2n) is 2.25. The average Bonchev–Trinajstić information content (AvgIpc) is 2.39. The maximum Gasteiger partial charge on any atom is 0.417 e. The van der Waals surface area contributed by atoms with Crippen LogP contribution in [0.25, 0.3) is 11.1 Å². The molecule has 12 heavy (non-hydrogen) atoms. The molecule has 1 aromatic carbocycles. The Bertz CT molecular complexity index is 486. The molecule has 0 aliphatic rings. The molecule has 0 spiro atoms. The predicted octanol–water partition coefficient (Wildman–Crippen LogP) is 2.43. The maximum atomic E-state index is 10.7. The van der Waals surface area contributed by atoms with Crippen LogP contribution in [0, 0.1) is 0 Å². The summed E-state index contributed by atoms with van der Waals surface area (Å²) in [6, 6.07) is 3.16. The number of hydrogen-bond donors (Lipinski definition) is 1. The molecule has 1 N–H and O–H groups in total. The second kappa shape index (κ2) is 2.54. The van der Waals surface area contributed by atoms with E-state index in [1.165, 1.54) is 0 Å². The molecule has 0 saturated carbocycles. The predicted molar refractivity (Wildman–Crippen MR) is 46.9 cm³/mol. The van der Waals surface area contributed by atoms with Crippen molar-refractivity contribution in [3.05, 3.63) is 32.7 Å². The van der Waals surface area contributed by atoms with E-state index < -0.39 is 5.76 Å². The van der Waals surface area contributed by atoms with Gasteiger partial charge in [0.25, 0.3) is 0 Å². The third-order valence-corrected chi connectivity index (χ3v) is 2.29. The number of aromatic nitrogens is 1. The Kier molecular flexibility index (Phi) is 1.63. The highest BCUT2D eigenvalue weighted by Gasteiger charge is 2.07. The SMILES string of the molecule is O=c1[nH]c2c(Cl)c(Cl)ccc2o1. The molecule has 0 atom stereocenters. The Labute approximate surface area is 76.9 Å². The molecule has 0 saturated heterocycles. The zero-order chi connectivity index (χ0) is 8.72. The minimum atomic E-state index is -0.533. The lowest BCUT2D eigenvalue weighted by Gasteiger charge is -1.93. The van der Waals surface area contributed by atoms with Gasteiger partial charge in [-0.3, -0.25) is 4.98 Å². The Hall–Kier alpha value is -0.930. The van der Waals surface area contributed by atoms with E-state index in [4.69, 9.17) is 27.6 Å². The minimum Gasteiger partial charge on any atom is -0.408 e. The number of H-pyrrole nitrogens is 1. The largest absolute Gasteiger partial charge is 0.417 e. The van der Waals surface area contributed by atoms with Crippen LogP contribution in [0.15, 0.2) is 21.3 Å². The van der Waals surface area contributed by atoms with Crippen LogP contribution in [0.3, 0.4) is 0 Å². The summed E-state index contributed by atoms with van der Waals surface area (Å²) >= 11 is 11.5. The summed E-state index contributed by atoms with van der Waals surface area (Å²) < 4.78 is 4.75. The van der Waals surface area contributed by atoms with Crippen molar-refractivity contribution in [2.24, 2.45) is 0 Å². The molecular weight excluding hydrogens is 201 g/mol. The van der Waals surface area contributed by atoms with E-state index in [1.54, 1.807) is 12.1 Å². The number of fused-ring (bicyclic) bond motifs is 1. The molecule has 0 fully saturated rings. The highest BCUT2D eigenvalue weighted by atomic mass is 35.5. The van der Waals surface area contributed by atoms with Gasteiger partial charge >= 0.3 is 5.76 Å². The van der Waals surface area contributed by atoms with Gasteiger partial charge in [0.2, 0.25) is 0 Å². The summed E-state index contributed by atoms with van der Waals surface area (Å²) in [6.07, 6.45) is 0. The molecule has 0 aliphatic heterocycles. The fourth-order valence-corrected chi connectivity index (χ4v) is 1.32. The quantitative estimate of drug-likeness (QED) is 0.716. The summed E-state index contributed by atoms with van der Waals surface area (Å²) in [5.41, 5.74) is 0.851. The van der Waals surface area contributed by atoms with Gasteiger partial charge in [-0.25, -0.2) is 4.79 Å². The molecule has 1 aromatic heterocycles. The molecule has 0 radical (unpaired) electrons. The van der Waals surface area contributed by atoms with Crippen LogP contribution in [0.1, 0.15) is 0 Å². The topological polar surface area (TPSA) is 46.0 Å². The number of aromatic amines is 1. The molecule has 2 aromatic rings. The van der Waals surface area contributed by atoms with Gasteiger partial charge in [0.05, 0.1) is 10.0 Å². The number of nitrogens with one attached hydrogen (secondary N) is 1. The molecule has 0 bridgehead atoms. The van der Waals surface area contributed by atoms with Crippen molar-refractivity contribution in [1.82, 2.24) is 4.98 Å². The first-order chi connectivity index (χ1) is 5.68. The first-order valence-electron chi connectivity index (χ1n) is 3.15. The van der Waals surface area contributed by atoms with Gasteiger partial charge in [-0.05, 0) is 12.1 Å². The van der Waals surface area contributed by atoms with Crippen LogP contribution >= 0.6 is 23.2 Å². The summed E-state index contributed by atoms with van der Waals surface area (Å²) in [4.78, 5) is 13.2. The third kappa shape index (κ3) is 1.02. The summed E-state index contributed by atoms with van der Waals surface area (Å²) in [5, 5.41) is 0.696. The van der Waals surface area contributed by atoms with E-state index in [1.807, 2.05) is 0 Å². The molecule has 5 heteroatoms. The zero-order valence-electron chi connectivity index (χ0n) is 5.73. The van der Waals surface area contributed by atoms with E-state index in [2.05, 4.69) is 4.98 Å². The van der Waals surface area contributed by atoms with Gasteiger partial charge < -0.3 is 4.42 Å². The summed E-state index contributed by atoms with van der Waals surface area (Å²) in [6.45, 7) is 0. The van der Waals surface area contributed by atoms with Crippen LogP contribution in [-0.2, 0) is 0 Å². The number of hydrogen-bond acceptors (Lipinski definition) is 2. The highest BCUT2D eigenvalue weighted by Crippen LogP contribution is 2.28. The molecule has 62 valence electrons. The van der Waals surface area contributed by atoms with Gasteiger partial charge in [0.1, 0.15) is 5.52 Å². The van der Waals surface area contributed by atoms with Crippen LogP contribution in [0.4, 0.5) is 0 Å². The van der Waals surface area contributed by atoms with E-state index in [-0.39, 0.29) is 0 Å². The van der Waals surface area contributed by atoms with Crippen molar-refractivity contribution in [2.75, 3.05) is 0 Å². The van der Waals surface area contributed by atoms with Crippen molar-refractivity contribution < 1.29 is 4.42 Å². The standard InChI is InChI=1S/C7H3Cl2NO2/c8-3-1-2-4-6(5(3)9)10-7(11)12-4/h1-2H,(H,10,11). The van der Waals surface area contributed by atoms with Gasteiger partial charge in [-0.2, -0.15) is 0 Å². The number of oxazole rings is 1. The fraction of sp³-hybridized carbons (Fsp3) is 0. The minimum absolute atomic E-state index is 0.306. The monoisotopic (exact) mass is 203 g/mol. The number of rotatable bonds is 0. The average molecular weight is 204 g/mol. The van der Waals surface area contributed by atoms with E-state index in [0.717, 1.165) is 0 Å². The van der Waals surface area contributed by atoms with Crippen molar-refractivity contribution in [3.8, 4) is 0 Å². The van der Waals surface area contributed by atoms with Crippen molar-refractivity contribution >= 4 is 34.3 Å². The van der Waals surface area contributed by atoms with Crippen molar-refractivity contribution in [1.29, 1.82) is 0 Å². The maximum absolute atomic E-state index is 10.7. The summed E-state index contributed by atoms with van der Waals surface area (Å²) in [5.74, 6) is -0.533. The van der Waals surface area contributed by atoms with Gasteiger partial charge in [-0.15, -0.1) is 0 Å². The Morgan fingerprint density at radius 1 is 1.33 bits per heavy atom. The van der Waals surface area contributed by atoms with Crippen LogP contribution in [0.2, 0.25) is 10.0 Å². The highest BCUT2D eigenvalue weighted by molar-refractivity contribution is 6.44. The number of benzene rings is 1. The Morgan fingerprint density at radius 3 is 2.83 bits per heavy atom. The summed E-state index contributed by atoms with van der Waals surface area (Å²) in [7, 11) is 0. The van der Waals surface area contributed by atoms with Gasteiger partial charge in [0, 0.05) is 0 Å². The van der Waals surface area contributed by atoms with Crippen LogP contribution < -0.4 is 5.76 Å². The van der Waals surface area contributed by atoms with E-state index in [9.17, 15) is 4.79 Å². The molecule has 2 rings (SSSR count). The van der Waals surface area contributed by atoms with Crippen LogP contribution in [0.5, 0.6) is 0 Å². The molecule has 0 amide bonds. The lowest BCUT2D eigenvalue weighted by atomic mass is 10.3. The van der Waals surface area contributed by atoms with Gasteiger partial charge in [-0.1, -0.05) is 23.2 Å². The molecule has 3 nitrogen and oxygen atoms in total. The lowest BCUT2D eigenvalue weighted by molar-refractivity contribution is 0.555. The number of halogens is 2. The lowest BCUT2D eigenvalue weighted by Crippen LogP contribution is -1.93. The zero-order valence-corrected chi connectivity index (χ0v) is 7.24. The normalized spacial score (nSPS) is 10.8.